The number of methoxy groups -OCH3 is 2. The number of allylic oxidation sites excluding steroid dienone is 2. The SMILES string of the molecule is COc1cc(OC)cc([C@@H]2CCN(C(=O)[C@@H]3CC=CCC3)C2)c1. The minimum absolute atomic E-state index is 0.179. The van der Waals surface area contributed by atoms with E-state index in [2.05, 4.69) is 24.3 Å². The summed E-state index contributed by atoms with van der Waals surface area (Å²) >= 11 is 0. The molecule has 0 saturated carbocycles. The first-order valence-electron chi connectivity index (χ1n) is 8.38. The van der Waals surface area contributed by atoms with Crippen LogP contribution in [-0.4, -0.2) is 38.1 Å². The molecule has 1 aliphatic carbocycles. The van der Waals surface area contributed by atoms with Crippen molar-refractivity contribution in [2.45, 2.75) is 31.6 Å². The van der Waals surface area contributed by atoms with Crippen molar-refractivity contribution in [1.29, 1.82) is 0 Å². The average molecular weight is 315 g/mol. The zero-order valence-corrected chi connectivity index (χ0v) is 14.0. The van der Waals surface area contributed by atoms with Gasteiger partial charge in [0, 0.05) is 31.0 Å². The quantitative estimate of drug-likeness (QED) is 0.800. The van der Waals surface area contributed by atoms with Crippen LogP contribution in [-0.2, 0) is 4.79 Å². The smallest absolute Gasteiger partial charge is 0.226 e. The number of benzene rings is 1. The zero-order chi connectivity index (χ0) is 16.2. The van der Waals surface area contributed by atoms with Crippen LogP contribution in [0.4, 0.5) is 0 Å². The van der Waals surface area contributed by atoms with E-state index in [0.29, 0.717) is 11.8 Å². The van der Waals surface area contributed by atoms with Crippen LogP contribution in [0.1, 0.15) is 37.2 Å². The highest BCUT2D eigenvalue weighted by Crippen LogP contribution is 2.34. The Morgan fingerprint density at radius 2 is 1.83 bits per heavy atom. The van der Waals surface area contributed by atoms with E-state index >= 15 is 0 Å². The highest BCUT2D eigenvalue weighted by atomic mass is 16.5. The molecule has 1 aromatic rings. The van der Waals surface area contributed by atoms with E-state index in [0.717, 1.165) is 50.3 Å². The monoisotopic (exact) mass is 315 g/mol. The van der Waals surface area contributed by atoms with Gasteiger partial charge in [-0.05, 0) is 43.4 Å². The van der Waals surface area contributed by atoms with E-state index in [4.69, 9.17) is 9.47 Å². The van der Waals surface area contributed by atoms with Gasteiger partial charge in [0.15, 0.2) is 0 Å². The van der Waals surface area contributed by atoms with Gasteiger partial charge in [-0.2, -0.15) is 0 Å². The molecule has 4 heteroatoms. The highest BCUT2D eigenvalue weighted by molar-refractivity contribution is 5.79. The Morgan fingerprint density at radius 1 is 1.09 bits per heavy atom. The van der Waals surface area contributed by atoms with Crippen LogP contribution in [0.5, 0.6) is 11.5 Å². The second-order valence-electron chi connectivity index (χ2n) is 6.40. The van der Waals surface area contributed by atoms with E-state index in [1.807, 2.05) is 11.0 Å². The maximum Gasteiger partial charge on any atom is 0.226 e. The van der Waals surface area contributed by atoms with Crippen LogP contribution >= 0.6 is 0 Å². The summed E-state index contributed by atoms with van der Waals surface area (Å²) in [4.78, 5) is 14.7. The first-order chi connectivity index (χ1) is 11.2. The lowest BCUT2D eigenvalue weighted by molar-refractivity contribution is -0.134. The molecule has 23 heavy (non-hydrogen) atoms. The van der Waals surface area contributed by atoms with Gasteiger partial charge < -0.3 is 14.4 Å². The van der Waals surface area contributed by atoms with Crippen LogP contribution in [0.3, 0.4) is 0 Å². The molecule has 2 aliphatic rings. The fourth-order valence-corrected chi connectivity index (χ4v) is 3.57. The molecule has 3 rings (SSSR count). The van der Waals surface area contributed by atoms with Crippen LogP contribution < -0.4 is 9.47 Å². The predicted molar refractivity (Wildman–Crippen MR) is 90.0 cm³/mol. The maximum absolute atomic E-state index is 12.7. The lowest BCUT2D eigenvalue weighted by atomic mass is 9.93. The molecule has 1 saturated heterocycles. The van der Waals surface area contributed by atoms with Gasteiger partial charge in [0.1, 0.15) is 11.5 Å². The van der Waals surface area contributed by atoms with E-state index in [1.165, 1.54) is 5.56 Å². The molecule has 1 amide bonds. The average Bonchev–Trinajstić information content (AvgIpc) is 3.11. The number of amides is 1. The third-order valence-corrected chi connectivity index (χ3v) is 4.96. The number of likely N-dealkylation sites (tertiary alicyclic amines) is 1. The third kappa shape index (κ3) is 3.52. The van der Waals surface area contributed by atoms with Crippen molar-refractivity contribution >= 4 is 5.91 Å². The summed E-state index contributed by atoms with van der Waals surface area (Å²) in [7, 11) is 3.33. The molecule has 0 radical (unpaired) electrons. The van der Waals surface area contributed by atoms with Gasteiger partial charge >= 0.3 is 0 Å². The largest absolute Gasteiger partial charge is 0.497 e. The zero-order valence-electron chi connectivity index (χ0n) is 14.0. The fourth-order valence-electron chi connectivity index (χ4n) is 3.57. The number of ether oxygens (including phenoxy) is 2. The Hall–Kier alpha value is -1.97. The summed E-state index contributed by atoms with van der Waals surface area (Å²) in [5.74, 6) is 2.48. The molecule has 0 N–H and O–H groups in total. The van der Waals surface area contributed by atoms with Crippen LogP contribution in [0.2, 0.25) is 0 Å². The van der Waals surface area contributed by atoms with Crippen molar-refractivity contribution in [3.8, 4) is 11.5 Å². The summed E-state index contributed by atoms with van der Waals surface area (Å²) in [6.07, 6.45) is 8.24. The molecule has 1 heterocycles. The lowest BCUT2D eigenvalue weighted by Crippen LogP contribution is -2.34. The molecular weight excluding hydrogens is 290 g/mol. The number of hydrogen-bond acceptors (Lipinski definition) is 3. The molecule has 0 aromatic heterocycles. The van der Waals surface area contributed by atoms with Crippen molar-refractivity contribution in [1.82, 2.24) is 4.90 Å². The summed E-state index contributed by atoms with van der Waals surface area (Å²) in [5.41, 5.74) is 1.19. The second kappa shape index (κ2) is 7.07. The maximum atomic E-state index is 12.7. The summed E-state index contributed by atoms with van der Waals surface area (Å²) in [6.45, 7) is 1.65. The molecule has 124 valence electrons. The topological polar surface area (TPSA) is 38.8 Å². The van der Waals surface area contributed by atoms with Crippen molar-refractivity contribution in [3.05, 3.63) is 35.9 Å². The summed E-state index contributed by atoms with van der Waals surface area (Å²) in [5, 5.41) is 0. The number of rotatable bonds is 4. The van der Waals surface area contributed by atoms with Gasteiger partial charge in [-0.15, -0.1) is 0 Å². The number of hydrogen-bond donors (Lipinski definition) is 0. The van der Waals surface area contributed by atoms with E-state index in [1.54, 1.807) is 14.2 Å². The normalized spacial score (nSPS) is 23.8. The minimum atomic E-state index is 0.179. The summed E-state index contributed by atoms with van der Waals surface area (Å²) < 4.78 is 10.7. The van der Waals surface area contributed by atoms with Gasteiger partial charge in [0.05, 0.1) is 14.2 Å². The third-order valence-electron chi connectivity index (χ3n) is 4.96. The Morgan fingerprint density at radius 3 is 2.43 bits per heavy atom. The molecule has 0 spiro atoms. The van der Waals surface area contributed by atoms with Crippen molar-refractivity contribution < 1.29 is 14.3 Å². The number of carbonyl (C=O) groups is 1. The molecular formula is C19H25NO3. The molecule has 0 bridgehead atoms. The second-order valence-corrected chi connectivity index (χ2v) is 6.40. The van der Waals surface area contributed by atoms with Crippen LogP contribution in [0.25, 0.3) is 0 Å². The van der Waals surface area contributed by atoms with E-state index in [9.17, 15) is 4.79 Å². The van der Waals surface area contributed by atoms with Crippen molar-refractivity contribution in [3.63, 3.8) is 0 Å². The van der Waals surface area contributed by atoms with Crippen molar-refractivity contribution in [2.75, 3.05) is 27.3 Å². The van der Waals surface area contributed by atoms with Gasteiger partial charge in [0.2, 0.25) is 5.91 Å². The fraction of sp³-hybridized carbons (Fsp3) is 0.526. The molecule has 2 atom stereocenters. The van der Waals surface area contributed by atoms with Crippen LogP contribution in [0, 0.1) is 5.92 Å². The lowest BCUT2D eigenvalue weighted by Gasteiger charge is -2.24. The van der Waals surface area contributed by atoms with Gasteiger partial charge in [0.25, 0.3) is 0 Å². The number of carbonyl (C=O) groups excluding carboxylic acids is 1. The van der Waals surface area contributed by atoms with E-state index < -0.39 is 0 Å². The summed E-state index contributed by atoms with van der Waals surface area (Å²) in [6, 6.07) is 6.00. The molecule has 1 aromatic carbocycles. The Bertz CT molecular complexity index is 574. The Balaban J connectivity index is 1.69. The predicted octanol–water partition coefficient (Wildman–Crippen LogP) is 3.38. The first kappa shape index (κ1) is 15.9. The molecule has 1 fully saturated rings. The highest BCUT2D eigenvalue weighted by Gasteiger charge is 2.31. The Labute approximate surface area is 138 Å². The standard InChI is InChI=1S/C19H25NO3/c1-22-17-10-16(11-18(12-17)23-2)15-8-9-20(13-15)19(21)14-6-4-3-5-7-14/h3-4,10-12,14-15H,5-9,13H2,1-2H3/t14-,15-/m1/s1. The van der Waals surface area contributed by atoms with E-state index in [-0.39, 0.29) is 5.92 Å². The minimum Gasteiger partial charge on any atom is -0.497 e. The van der Waals surface area contributed by atoms with Crippen LogP contribution in [0.15, 0.2) is 30.4 Å². The van der Waals surface area contributed by atoms with Crippen molar-refractivity contribution in [2.24, 2.45) is 5.92 Å². The van der Waals surface area contributed by atoms with Gasteiger partial charge in [-0.1, -0.05) is 12.2 Å². The molecule has 4 nitrogen and oxygen atoms in total. The Kier molecular flexibility index (Phi) is 4.89. The molecule has 0 unspecified atom stereocenters. The van der Waals surface area contributed by atoms with Gasteiger partial charge in [-0.25, -0.2) is 0 Å². The van der Waals surface area contributed by atoms with Gasteiger partial charge in [-0.3, -0.25) is 4.79 Å². The molecule has 1 aliphatic heterocycles. The first-order valence-corrected chi connectivity index (χ1v) is 8.38. The number of nitrogens with zero attached hydrogens (tertiary/aromatic N) is 1.